The third-order valence-corrected chi connectivity index (χ3v) is 2.68. The van der Waals surface area contributed by atoms with Crippen LogP contribution in [-0.2, 0) is 0 Å². The Balaban J connectivity index is 1.91. The Kier molecular flexibility index (Phi) is 1.33. The van der Waals surface area contributed by atoms with Crippen LogP contribution < -0.4 is 4.90 Å². The van der Waals surface area contributed by atoms with Gasteiger partial charge in [-0.1, -0.05) is 42.5 Å². The Morgan fingerprint density at radius 2 is 1.46 bits per heavy atom. The lowest BCUT2D eigenvalue weighted by molar-refractivity contribution is 1.21. The van der Waals surface area contributed by atoms with Gasteiger partial charge in [0.25, 0.3) is 0 Å². The summed E-state index contributed by atoms with van der Waals surface area (Å²) < 4.78 is 0. The van der Waals surface area contributed by atoms with E-state index in [1.165, 1.54) is 5.69 Å². The summed E-state index contributed by atoms with van der Waals surface area (Å²) in [6.45, 7) is 0. The molecule has 1 nitrogen and oxygen atoms in total. The molecule has 2 atom stereocenters. The van der Waals surface area contributed by atoms with E-state index in [1.807, 2.05) is 0 Å². The zero-order valence-corrected chi connectivity index (χ0v) is 7.30. The Bertz CT molecular complexity index is 346. The molecule has 0 radical (unpaired) electrons. The van der Waals surface area contributed by atoms with Crippen molar-refractivity contribution < 1.29 is 0 Å². The van der Waals surface area contributed by atoms with E-state index in [0.29, 0.717) is 12.1 Å². The van der Waals surface area contributed by atoms with Gasteiger partial charge in [-0.25, -0.2) is 0 Å². The molecule has 0 bridgehead atoms. The maximum atomic E-state index is 2.42. The number of hydrogen-bond donors (Lipinski definition) is 0. The van der Waals surface area contributed by atoms with Crippen LogP contribution in [-0.4, -0.2) is 12.1 Å². The zero-order chi connectivity index (χ0) is 8.67. The zero-order valence-electron chi connectivity index (χ0n) is 7.30. The van der Waals surface area contributed by atoms with E-state index in [4.69, 9.17) is 0 Å². The van der Waals surface area contributed by atoms with Crippen molar-refractivity contribution >= 4 is 5.69 Å². The van der Waals surface area contributed by atoms with Gasteiger partial charge in [0.1, 0.15) is 0 Å². The second-order valence-electron chi connectivity index (χ2n) is 3.49. The number of fused-ring (bicyclic) bond motifs is 1. The third-order valence-electron chi connectivity index (χ3n) is 2.68. The summed E-state index contributed by atoms with van der Waals surface area (Å²) >= 11 is 0. The summed E-state index contributed by atoms with van der Waals surface area (Å²) in [4.78, 5) is 2.42. The fourth-order valence-corrected chi connectivity index (χ4v) is 1.98. The standard InChI is InChI=1S/C12H11N/c1-2-6-10(7-3-1)13-11-8-4-5-9-12(11)13/h1-9,11-12H. The highest BCUT2D eigenvalue weighted by molar-refractivity contribution is 5.62. The summed E-state index contributed by atoms with van der Waals surface area (Å²) in [5, 5.41) is 0. The van der Waals surface area contributed by atoms with Crippen molar-refractivity contribution in [3.8, 4) is 0 Å². The van der Waals surface area contributed by atoms with Crippen LogP contribution in [0.2, 0.25) is 0 Å². The molecule has 2 unspecified atom stereocenters. The smallest absolute Gasteiger partial charge is 0.0723 e. The first-order chi connectivity index (χ1) is 6.47. The summed E-state index contributed by atoms with van der Waals surface area (Å²) in [6, 6.07) is 11.8. The van der Waals surface area contributed by atoms with E-state index in [0.717, 1.165) is 0 Å². The van der Waals surface area contributed by atoms with E-state index in [-0.39, 0.29) is 0 Å². The highest BCUT2D eigenvalue weighted by Crippen LogP contribution is 2.38. The topological polar surface area (TPSA) is 3.01 Å². The van der Waals surface area contributed by atoms with Crippen molar-refractivity contribution in [2.24, 2.45) is 0 Å². The van der Waals surface area contributed by atoms with Gasteiger partial charge in [0.2, 0.25) is 0 Å². The van der Waals surface area contributed by atoms with Crippen LogP contribution in [0.1, 0.15) is 0 Å². The Morgan fingerprint density at radius 3 is 2.08 bits per heavy atom. The fourth-order valence-electron chi connectivity index (χ4n) is 1.98. The molecule has 1 heteroatoms. The predicted octanol–water partition coefficient (Wildman–Crippen LogP) is 2.37. The van der Waals surface area contributed by atoms with Crippen molar-refractivity contribution in [1.82, 2.24) is 0 Å². The first-order valence-corrected chi connectivity index (χ1v) is 4.65. The Hall–Kier alpha value is -1.50. The Labute approximate surface area is 78.0 Å². The second kappa shape index (κ2) is 2.49. The first kappa shape index (κ1) is 6.96. The molecule has 1 aliphatic carbocycles. The van der Waals surface area contributed by atoms with Crippen LogP contribution in [0.3, 0.4) is 0 Å². The molecule has 0 aromatic heterocycles. The van der Waals surface area contributed by atoms with Gasteiger partial charge in [-0.2, -0.15) is 0 Å². The molecule has 0 N–H and O–H groups in total. The molecule has 1 fully saturated rings. The predicted molar refractivity (Wildman–Crippen MR) is 54.8 cm³/mol. The average molecular weight is 169 g/mol. The van der Waals surface area contributed by atoms with Gasteiger partial charge in [0.15, 0.2) is 0 Å². The maximum Gasteiger partial charge on any atom is 0.0723 e. The van der Waals surface area contributed by atoms with Gasteiger partial charge < -0.3 is 4.90 Å². The van der Waals surface area contributed by atoms with Gasteiger partial charge in [-0.3, -0.25) is 0 Å². The number of nitrogens with zero attached hydrogens (tertiary/aromatic N) is 1. The quantitative estimate of drug-likeness (QED) is 0.583. The van der Waals surface area contributed by atoms with Crippen molar-refractivity contribution in [2.75, 3.05) is 4.90 Å². The van der Waals surface area contributed by atoms with Gasteiger partial charge >= 0.3 is 0 Å². The van der Waals surface area contributed by atoms with Crippen molar-refractivity contribution in [1.29, 1.82) is 0 Å². The molecule has 0 spiro atoms. The number of allylic oxidation sites excluding steroid dienone is 2. The fraction of sp³-hybridized carbons (Fsp3) is 0.167. The monoisotopic (exact) mass is 169 g/mol. The van der Waals surface area contributed by atoms with E-state index in [9.17, 15) is 0 Å². The summed E-state index contributed by atoms with van der Waals surface area (Å²) in [5.41, 5.74) is 1.33. The van der Waals surface area contributed by atoms with Crippen LogP contribution >= 0.6 is 0 Å². The second-order valence-corrected chi connectivity index (χ2v) is 3.49. The van der Waals surface area contributed by atoms with Gasteiger partial charge in [-0.05, 0) is 12.1 Å². The van der Waals surface area contributed by atoms with Crippen LogP contribution in [0.4, 0.5) is 5.69 Å². The van der Waals surface area contributed by atoms with E-state index < -0.39 is 0 Å². The van der Waals surface area contributed by atoms with Gasteiger partial charge in [0.05, 0.1) is 12.1 Å². The molecule has 1 saturated heterocycles. The summed E-state index contributed by atoms with van der Waals surface area (Å²) in [7, 11) is 0. The summed E-state index contributed by atoms with van der Waals surface area (Å²) in [6.07, 6.45) is 8.78. The van der Waals surface area contributed by atoms with Crippen molar-refractivity contribution in [3.05, 3.63) is 54.6 Å². The number of rotatable bonds is 1. The molecular weight excluding hydrogens is 158 g/mol. The molecule has 1 aromatic carbocycles. The normalized spacial score (nSPS) is 28.8. The van der Waals surface area contributed by atoms with Crippen molar-refractivity contribution in [3.63, 3.8) is 0 Å². The van der Waals surface area contributed by atoms with Gasteiger partial charge in [-0.15, -0.1) is 0 Å². The van der Waals surface area contributed by atoms with Crippen LogP contribution in [0, 0.1) is 0 Å². The van der Waals surface area contributed by atoms with Crippen LogP contribution in [0.15, 0.2) is 54.6 Å². The van der Waals surface area contributed by atoms with Gasteiger partial charge in [0, 0.05) is 5.69 Å². The molecule has 2 aliphatic rings. The molecule has 0 saturated carbocycles. The number of para-hydroxylation sites is 1. The molecule has 64 valence electrons. The van der Waals surface area contributed by atoms with E-state index in [2.05, 4.69) is 59.5 Å². The minimum Gasteiger partial charge on any atom is -0.354 e. The first-order valence-electron chi connectivity index (χ1n) is 4.65. The highest BCUT2D eigenvalue weighted by Gasteiger charge is 2.44. The molecular formula is C12H11N. The highest BCUT2D eigenvalue weighted by atomic mass is 15.3. The average Bonchev–Trinajstić information content (AvgIpc) is 2.93. The molecule has 1 aromatic rings. The molecule has 1 heterocycles. The van der Waals surface area contributed by atoms with Crippen molar-refractivity contribution in [2.45, 2.75) is 12.1 Å². The minimum absolute atomic E-state index is 0.618. The van der Waals surface area contributed by atoms with E-state index >= 15 is 0 Å². The maximum absolute atomic E-state index is 2.42. The number of anilines is 1. The largest absolute Gasteiger partial charge is 0.354 e. The third kappa shape index (κ3) is 1.00. The Morgan fingerprint density at radius 1 is 0.846 bits per heavy atom. The molecule has 13 heavy (non-hydrogen) atoms. The summed E-state index contributed by atoms with van der Waals surface area (Å²) in [5.74, 6) is 0. The van der Waals surface area contributed by atoms with Crippen LogP contribution in [0.5, 0.6) is 0 Å². The number of benzene rings is 1. The molecule has 1 aliphatic heterocycles. The lowest BCUT2D eigenvalue weighted by atomic mass is 10.2. The molecule has 0 amide bonds. The lowest BCUT2D eigenvalue weighted by Gasteiger charge is -2.02. The number of hydrogen-bond acceptors (Lipinski definition) is 1. The van der Waals surface area contributed by atoms with E-state index in [1.54, 1.807) is 0 Å². The SMILES string of the molecule is C1=CC2C(C=C1)N2c1ccccc1. The minimum atomic E-state index is 0.618. The van der Waals surface area contributed by atoms with Crippen LogP contribution in [0.25, 0.3) is 0 Å². The molecule has 3 rings (SSSR count). The lowest BCUT2D eigenvalue weighted by Crippen LogP contribution is -1.96.